The molecule has 0 atom stereocenters. The molecule has 0 aliphatic heterocycles. The minimum atomic E-state index is 0.0454. The summed E-state index contributed by atoms with van der Waals surface area (Å²) in [5, 5.41) is 9.09. The Kier molecular flexibility index (Phi) is 3.43. The van der Waals surface area contributed by atoms with E-state index in [1.54, 1.807) is 0 Å². The van der Waals surface area contributed by atoms with Crippen molar-refractivity contribution < 1.29 is 5.11 Å². The van der Waals surface area contributed by atoms with Crippen molar-refractivity contribution in [1.29, 1.82) is 0 Å². The molecule has 72 valence electrons. The van der Waals surface area contributed by atoms with Crippen LogP contribution in [0.3, 0.4) is 0 Å². The molecule has 1 N–H and O–H groups in total. The van der Waals surface area contributed by atoms with Crippen LogP contribution in [0, 0.1) is 12.8 Å². The minimum Gasteiger partial charge on any atom is -0.390 e. The monoisotopic (exact) mass is 179 g/mol. The van der Waals surface area contributed by atoms with Gasteiger partial charge in [-0.3, -0.25) is 4.98 Å². The molecule has 13 heavy (non-hydrogen) atoms. The van der Waals surface area contributed by atoms with Crippen LogP contribution in [-0.4, -0.2) is 10.1 Å². The summed E-state index contributed by atoms with van der Waals surface area (Å²) in [7, 11) is 0. The Morgan fingerprint density at radius 3 is 2.62 bits per heavy atom. The number of hydrogen-bond acceptors (Lipinski definition) is 2. The Morgan fingerprint density at radius 1 is 1.38 bits per heavy atom. The highest BCUT2D eigenvalue weighted by atomic mass is 16.3. The lowest BCUT2D eigenvalue weighted by atomic mass is 10.0. The molecule has 0 spiro atoms. The molecule has 0 unspecified atom stereocenters. The number of aliphatic hydroxyl groups is 1. The minimum absolute atomic E-state index is 0.0454. The van der Waals surface area contributed by atoms with Crippen LogP contribution >= 0.6 is 0 Å². The predicted octanol–water partition coefficient (Wildman–Crippen LogP) is 2.08. The molecule has 1 rings (SSSR count). The molecule has 0 aromatic carbocycles. The third-order valence-electron chi connectivity index (χ3n) is 1.99. The summed E-state index contributed by atoms with van der Waals surface area (Å²) in [6, 6.07) is 4.06. The molecule has 1 aromatic rings. The fourth-order valence-corrected chi connectivity index (χ4v) is 1.40. The summed E-state index contributed by atoms with van der Waals surface area (Å²) in [6.07, 6.45) is 0.989. The van der Waals surface area contributed by atoms with Crippen molar-refractivity contribution in [2.75, 3.05) is 0 Å². The Bertz CT molecular complexity index is 281. The van der Waals surface area contributed by atoms with Gasteiger partial charge >= 0.3 is 0 Å². The maximum absolute atomic E-state index is 9.09. The van der Waals surface area contributed by atoms with Gasteiger partial charge in [0.15, 0.2) is 0 Å². The average molecular weight is 179 g/mol. The largest absolute Gasteiger partial charge is 0.390 e. The average Bonchev–Trinajstić information content (AvgIpc) is 2.07. The molecule has 0 saturated carbocycles. The molecule has 2 heteroatoms. The van der Waals surface area contributed by atoms with Crippen LogP contribution in [0.15, 0.2) is 12.1 Å². The van der Waals surface area contributed by atoms with Crippen LogP contribution < -0.4 is 0 Å². The molecule has 1 aromatic heterocycles. The Labute approximate surface area is 79.6 Å². The van der Waals surface area contributed by atoms with Gasteiger partial charge in [-0.1, -0.05) is 19.9 Å². The number of nitrogens with zero attached hydrogens (tertiary/aromatic N) is 1. The molecule has 0 aliphatic rings. The molecule has 0 aliphatic carbocycles. The van der Waals surface area contributed by atoms with Gasteiger partial charge in [-0.15, -0.1) is 0 Å². The first-order valence-corrected chi connectivity index (χ1v) is 4.69. The lowest BCUT2D eigenvalue weighted by Crippen LogP contribution is -2.02. The summed E-state index contributed by atoms with van der Waals surface area (Å²) in [4.78, 5) is 4.29. The standard InChI is InChI=1S/C11H17NO/c1-8(2)6-10-5-4-9(3)12-11(10)7-13/h4-5,8,13H,6-7H2,1-3H3. The van der Waals surface area contributed by atoms with Gasteiger partial charge < -0.3 is 5.11 Å². The third kappa shape index (κ3) is 2.81. The first kappa shape index (κ1) is 10.2. The summed E-state index contributed by atoms with van der Waals surface area (Å²) in [6.45, 7) is 6.32. The number of hydrogen-bond donors (Lipinski definition) is 1. The molecular formula is C11H17NO. The van der Waals surface area contributed by atoms with Crippen LogP contribution in [-0.2, 0) is 13.0 Å². The van der Waals surface area contributed by atoms with Gasteiger partial charge in [0.05, 0.1) is 12.3 Å². The van der Waals surface area contributed by atoms with Crippen molar-refractivity contribution in [3.05, 3.63) is 29.1 Å². The predicted molar refractivity (Wildman–Crippen MR) is 53.4 cm³/mol. The van der Waals surface area contributed by atoms with Gasteiger partial charge in [-0.05, 0) is 30.9 Å². The normalized spacial score (nSPS) is 10.8. The Balaban J connectivity index is 2.92. The second kappa shape index (κ2) is 4.38. The molecule has 0 saturated heterocycles. The number of aromatic nitrogens is 1. The van der Waals surface area contributed by atoms with Gasteiger partial charge in [0, 0.05) is 5.69 Å². The summed E-state index contributed by atoms with van der Waals surface area (Å²) in [5.74, 6) is 0.606. The lowest BCUT2D eigenvalue weighted by molar-refractivity contribution is 0.275. The fourth-order valence-electron chi connectivity index (χ4n) is 1.40. The van der Waals surface area contributed by atoms with Crippen molar-refractivity contribution in [2.45, 2.75) is 33.8 Å². The van der Waals surface area contributed by atoms with Crippen molar-refractivity contribution in [1.82, 2.24) is 4.98 Å². The third-order valence-corrected chi connectivity index (χ3v) is 1.99. The van der Waals surface area contributed by atoms with Crippen LogP contribution in [0.25, 0.3) is 0 Å². The van der Waals surface area contributed by atoms with Gasteiger partial charge in [-0.25, -0.2) is 0 Å². The summed E-state index contributed by atoms with van der Waals surface area (Å²) in [5.41, 5.74) is 2.97. The van der Waals surface area contributed by atoms with Crippen molar-refractivity contribution >= 4 is 0 Å². The van der Waals surface area contributed by atoms with E-state index in [1.807, 2.05) is 13.0 Å². The van der Waals surface area contributed by atoms with Crippen LogP contribution in [0.5, 0.6) is 0 Å². The van der Waals surface area contributed by atoms with E-state index >= 15 is 0 Å². The summed E-state index contributed by atoms with van der Waals surface area (Å²) < 4.78 is 0. The van der Waals surface area contributed by atoms with Crippen LogP contribution in [0.4, 0.5) is 0 Å². The van der Waals surface area contributed by atoms with E-state index in [1.165, 1.54) is 5.56 Å². The van der Waals surface area contributed by atoms with E-state index in [0.29, 0.717) is 5.92 Å². The molecule has 0 bridgehead atoms. The van der Waals surface area contributed by atoms with Crippen molar-refractivity contribution in [3.8, 4) is 0 Å². The number of aryl methyl sites for hydroxylation is 1. The molecular weight excluding hydrogens is 162 g/mol. The van der Waals surface area contributed by atoms with Crippen LogP contribution in [0.1, 0.15) is 30.8 Å². The molecule has 0 amide bonds. The van der Waals surface area contributed by atoms with E-state index in [-0.39, 0.29) is 6.61 Å². The Hall–Kier alpha value is -0.890. The second-order valence-corrected chi connectivity index (χ2v) is 3.81. The second-order valence-electron chi connectivity index (χ2n) is 3.81. The van der Waals surface area contributed by atoms with Gasteiger partial charge in [-0.2, -0.15) is 0 Å². The maximum Gasteiger partial charge on any atom is 0.0855 e. The zero-order valence-corrected chi connectivity index (χ0v) is 8.54. The number of aliphatic hydroxyl groups excluding tert-OH is 1. The maximum atomic E-state index is 9.09. The SMILES string of the molecule is Cc1ccc(CC(C)C)c(CO)n1. The van der Waals surface area contributed by atoms with Gasteiger partial charge in [0.1, 0.15) is 0 Å². The highest BCUT2D eigenvalue weighted by Gasteiger charge is 2.05. The van der Waals surface area contributed by atoms with Crippen molar-refractivity contribution in [3.63, 3.8) is 0 Å². The first-order chi connectivity index (χ1) is 6.13. The van der Waals surface area contributed by atoms with Gasteiger partial charge in [0.25, 0.3) is 0 Å². The topological polar surface area (TPSA) is 33.1 Å². The smallest absolute Gasteiger partial charge is 0.0855 e. The number of rotatable bonds is 3. The number of pyridine rings is 1. The molecule has 0 fully saturated rings. The summed E-state index contributed by atoms with van der Waals surface area (Å²) >= 11 is 0. The van der Waals surface area contributed by atoms with Crippen LogP contribution in [0.2, 0.25) is 0 Å². The van der Waals surface area contributed by atoms with E-state index in [0.717, 1.165) is 17.8 Å². The Morgan fingerprint density at radius 2 is 2.08 bits per heavy atom. The molecule has 0 radical (unpaired) electrons. The lowest BCUT2D eigenvalue weighted by Gasteiger charge is -2.09. The van der Waals surface area contributed by atoms with E-state index in [2.05, 4.69) is 24.9 Å². The zero-order valence-electron chi connectivity index (χ0n) is 8.54. The van der Waals surface area contributed by atoms with E-state index in [4.69, 9.17) is 5.11 Å². The zero-order chi connectivity index (χ0) is 9.84. The van der Waals surface area contributed by atoms with Crippen molar-refractivity contribution in [2.24, 2.45) is 5.92 Å². The highest BCUT2D eigenvalue weighted by molar-refractivity contribution is 5.22. The quantitative estimate of drug-likeness (QED) is 0.770. The molecule has 2 nitrogen and oxygen atoms in total. The fraction of sp³-hybridized carbons (Fsp3) is 0.545. The highest BCUT2D eigenvalue weighted by Crippen LogP contribution is 2.12. The molecule has 1 heterocycles. The van der Waals surface area contributed by atoms with Gasteiger partial charge in [0.2, 0.25) is 0 Å². The van der Waals surface area contributed by atoms with E-state index < -0.39 is 0 Å². The van der Waals surface area contributed by atoms with E-state index in [9.17, 15) is 0 Å². The first-order valence-electron chi connectivity index (χ1n) is 4.69.